The molecule has 2 aromatic carbocycles. The lowest BCUT2D eigenvalue weighted by Gasteiger charge is -2.08. The van der Waals surface area contributed by atoms with Gasteiger partial charge in [0.2, 0.25) is 0 Å². The lowest BCUT2D eigenvalue weighted by atomic mass is 10.1. The highest BCUT2D eigenvalue weighted by Crippen LogP contribution is 2.11. The van der Waals surface area contributed by atoms with E-state index >= 15 is 0 Å². The summed E-state index contributed by atoms with van der Waals surface area (Å²) in [5, 5.41) is 2.92. The van der Waals surface area contributed by atoms with Gasteiger partial charge >= 0.3 is 0 Å². The van der Waals surface area contributed by atoms with Gasteiger partial charge in [0, 0.05) is 18.7 Å². The van der Waals surface area contributed by atoms with Crippen LogP contribution in [0.4, 0.5) is 0 Å². The maximum Gasteiger partial charge on any atom is 0.251 e. The quantitative estimate of drug-likeness (QED) is 0.718. The van der Waals surface area contributed by atoms with E-state index in [-0.39, 0.29) is 18.3 Å². The van der Waals surface area contributed by atoms with E-state index in [1.165, 1.54) is 5.56 Å². The fourth-order valence-corrected chi connectivity index (χ4v) is 2.15. The first-order valence-corrected chi connectivity index (χ1v) is 7.96. The molecule has 5 heteroatoms. The van der Waals surface area contributed by atoms with Crippen LogP contribution in [0.15, 0.2) is 48.5 Å². The number of hydrogen-bond donors (Lipinski definition) is 2. The zero-order valence-electron chi connectivity index (χ0n) is 14.0. The van der Waals surface area contributed by atoms with E-state index in [4.69, 9.17) is 10.5 Å². The number of ether oxygens (including phenoxy) is 1. The van der Waals surface area contributed by atoms with Crippen molar-refractivity contribution >= 4 is 18.3 Å². The molecule has 3 N–H and O–H groups in total. The summed E-state index contributed by atoms with van der Waals surface area (Å²) in [6.45, 7) is 3.85. The van der Waals surface area contributed by atoms with Crippen LogP contribution in [-0.2, 0) is 6.54 Å². The van der Waals surface area contributed by atoms with Crippen molar-refractivity contribution in [1.82, 2.24) is 5.32 Å². The molecule has 4 nitrogen and oxygen atoms in total. The van der Waals surface area contributed by atoms with E-state index in [9.17, 15) is 4.79 Å². The van der Waals surface area contributed by atoms with Gasteiger partial charge in [-0.05, 0) is 49.6 Å². The van der Waals surface area contributed by atoms with Crippen molar-refractivity contribution in [2.45, 2.75) is 26.3 Å². The molecule has 0 radical (unpaired) electrons. The Morgan fingerprint density at radius 1 is 1.04 bits per heavy atom. The highest BCUT2D eigenvalue weighted by Gasteiger charge is 2.04. The Morgan fingerprint density at radius 2 is 1.71 bits per heavy atom. The van der Waals surface area contributed by atoms with Crippen LogP contribution < -0.4 is 15.8 Å². The highest BCUT2D eigenvalue weighted by molar-refractivity contribution is 5.94. The Kier molecular flexibility index (Phi) is 8.90. The zero-order chi connectivity index (χ0) is 16.5. The van der Waals surface area contributed by atoms with Gasteiger partial charge in [0.25, 0.3) is 5.91 Å². The zero-order valence-corrected chi connectivity index (χ0v) is 14.8. The Morgan fingerprint density at radius 3 is 2.33 bits per heavy atom. The molecule has 0 aromatic heterocycles. The number of unbranched alkanes of at least 4 members (excludes halogenated alkanes) is 1. The maximum absolute atomic E-state index is 12.0. The lowest BCUT2D eigenvalue weighted by Crippen LogP contribution is -2.24. The second-order valence-electron chi connectivity index (χ2n) is 5.53. The highest BCUT2D eigenvalue weighted by atomic mass is 35.5. The minimum absolute atomic E-state index is 0. The SMILES string of the molecule is Cc1ccc(OCCCCNC(=O)c2ccc(CN)cc2)cc1.Cl. The minimum Gasteiger partial charge on any atom is -0.494 e. The van der Waals surface area contributed by atoms with Crippen LogP contribution in [-0.4, -0.2) is 19.1 Å². The second-order valence-corrected chi connectivity index (χ2v) is 5.53. The third-order valence-corrected chi connectivity index (χ3v) is 3.60. The summed E-state index contributed by atoms with van der Waals surface area (Å²) in [6, 6.07) is 15.4. The molecule has 0 saturated heterocycles. The molecule has 1 amide bonds. The molecule has 2 aromatic rings. The average molecular weight is 349 g/mol. The van der Waals surface area contributed by atoms with Gasteiger partial charge in [0.15, 0.2) is 0 Å². The molecule has 0 aliphatic heterocycles. The van der Waals surface area contributed by atoms with Gasteiger partial charge in [0.05, 0.1) is 6.61 Å². The number of benzene rings is 2. The molecule has 0 saturated carbocycles. The Balaban J connectivity index is 0.00000288. The molecule has 2 rings (SSSR count). The molecule has 0 unspecified atom stereocenters. The second kappa shape index (κ2) is 10.7. The van der Waals surface area contributed by atoms with Gasteiger partial charge in [-0.1, -0.05) is 29.8 Å². The molecule has 0 heterocycles. The number of carbonyl (C=O) groups excluding carboxylic acids is 1. The van der Waals surface area contributed by atoms with Gasteiger partial charge in [-0.25, -0.2) is 0 Å². The van der Waals surface area contributed by atoms with Gasteiger partial charge in [-0.15, -0.1) is 12.4 Å². The number of aryl methyl sites for hydroxylation is 1. The predicted molar refractivity (Wildman–Crippen MR) is 99.8 cm³/mol. The molecular formula is C19H25ClN2O2. The lowest BCUT2D eigenvalue weighted by molar-refractivity contribution is 0.0952. The van der Waals surface area contributed by atoms with Gasteiger partial charge < -0.3 is 15.8 Å². The summed E-state index contributed by atoms with van der Waals surface area (Å²) in [6.07, 6.45) is 1.79. The van der Waals surface area contributed by atoms with E-state index in [1.54, 1.807) is 12.1 Å². The summed E-state index contributed by atoms with van der Waals surface area (Å²) in [7, 11) is 0. The molecular weight excluding hydrogens is 324 g/mol. The largest absolute Gasteiger partial charge is 0.494 e. The summed E-state index contributed by atoms with van der Waals surface area (Å²) < 4.78 is 5.65. The van der Waals surface area contributed by atoms with E-state index in [2.05, 4.69) is 12.2 Å². The Hall–Kier alpha value is -2.04. The normalized spacial score (nSPS) is 9.92. The third-order valence-electron chi connectivity index (χ3n) is 3.60. The Labute approximate surface area is 149 Å². The van der Waals surface area contributed by atoms with Crippen molar-refractivity contribution in [3.8, 4) is 5.75 Å². The standard InChI is InChI=1S/C19H24N2O2.ClH/c1-15-4-10-18(11-5-15)23-13-3-2-12-21-19(22)17-8-6-16(14-20)7-9-17;/h4-11H,2-3,12-14,20H2,1H3,(H,21,22);1H. The van der Waals surface area contributed by atoms with Crippen molar-refractivity contribution < 1.29 is 9.53 Å². The smallest absolute Gasteiger partial charge is 0.251 e. The molecule has 0 fully saturated rings. The summed E-state index contributed by atoms with van der Waals surface area (Å²) in [5.74, 6) is 0.840. The molecule has 0 spiro atoms. The van der Waals surface area contributed by atoms with E-state index in [0.717, 1.165) is 24.2 Å². The van der Waals surface area contributed by atoms with E-state index in [1.807, 2.05) is 36.4 Å². The van der Waals surface area contributed by atoms with Crippen LogP contribution in [0.25, 0.3) is 0 Å². The van der Waals surface area contributed by atoms with E-state index in [0.29, 0.717) is 25.3 Å². The van der Waals surface area contributed by atoms with Gasteiger partial charge in [0.1, 0.15) is 5.75 Å². The molecule has 0 aliphatic carbocycles. The third kappa shape index (κ3) is 6.60. The maximum atomic E-state index is 12.0. The molecule has 130 valence electrons. The number of halogens is 1. The fraction of sp³-hybridized carbons (Fsp3) is 0.316. The molecule has 24 heavy (non-hydrogen) atoms. The number of nitrogens with two attached hydrogens (primary N) is 1. The van der Waals surface area contributed by atoms with Crippen molar-refractivity contribution in [3.05, 3.63) is 65.2 Å². The van der Waals surface area contributed by atoms with Crippen LogP contribution in [0.3, 0.4) is 0 Å². The fourth-order valence-electron chi connectivity index (χ4n) is 2.15. The van der Waals surface area contributed by atoms with Crippen LogP contribution in [0.5, 0.6) is 5.75 Å². The molecule has 0 atom stereocenters. The topological polar surface area (TPSA) is 64.3 Å². The first-order chi connectivity index (χ1) is 11.2. The molecule has 0 bridgehead atoms. The number of hydrogen-bond acceptors (Lipinski definition) is 3. The number of amides is 1. The monoisotopic (exact) mass is 348 g/mol. The number of nitrogens with one attached hydrogen (secondary N) is 1. The van der Waals surface area contributed by atoms with Crippen LogP contribution in [0.2, 0.25) is 0 Å². The summed E-state index contributed by atoms with van der Waals surface area (Å²) >= 11 is 0. The predicted octanol–water partition coefficient (Wildman–Crippen LogP) is 3.46. The van der Waals surface area contributed by atoms with Crippen molar-refractivity contribution in [3.63, 3.8) is 0 Å². The van der Waals surface area contributed by atoms with Gasteiger partial charge in [-0.3, -0.25) is 4.79 Å². The van der Waals surface area contributed by atoms with Crippen molar-refractivity contribution in [1.29, 1.82) is 0 Å². The summed E-state index contributed by atoms with van der Waals surface area (Å²) in [4.78, 5) is 12.0. The minimum atomic E-state index is -0.0481. The average Bonchev–Trinajstić information content (AvgIpc) is 2.59. The van der Waals surface area contributed by atoms with Crippen LogP contribution in [0, 0.1) is 6.92 Å². The van der Waals surface area contributed by atoms with Crippen molar-refractivity contribution in [2.75, 3.05) is 13.2 Å². The number of carbonyl (C=O) groups is 1. The first-order valence-electron chi connectivity index (χ1n) is 7.96. The van der Waals surface area contributed by atoms with E-state index < -0.39 is 0 Å². The summed E-state index contributed by atoms with van der Waals surface area (Å²) in [5.41, 5.74) is 8.45. The molecule has 0 aliphatic rings. The van der Waals surface area contributed by atoms with Crippen molar-refractivity contribution in [2.24, 2.45) is 5.73 Å². The first kappa shape index (κ1) is 20.0. The Bertz CT molecular complexity index is 612. The van der Waals surface area contributed by atoms with Crippen LogP contribution >= 0.6 is 12.4 Å². The van der Waals surface area contributed by atoms with Crippen LogP contribution in [0.1, 0.15) is 34.3 Å². The number of rotatable bonds is 8. The van der Waals surface area contributed by atoms with Gasteiger partial charge in [-0.2, -0.15) is 0 Å².